The number of esters is 1. The van der Waals surface area contributed by atoms with Gasteiger partial charge in [-0.1, -0.05) is 57.6 Å². The Morgan fingerprint density at radius 3 is 2.24 bits per heavy atom. The van der Waals surface area contributed by atoms with E-state index in [0.29, 0.717) is 18.3 Å². The zero-order valence-corrected chi connectivity index (χ0v) is 19.6. The van der Waals surface area contributed by atoms with Crippen LogP contribution in [-0.2, 0) is 0 Å². The Bertz CT molecular complexity index is 873. The molecule has 1 fully saturated rings. The van der Waals surface area contributed by atoms with Crippen molar-refractivity contribution >= 4 is 5.97 Å². The fraction of sp³-hybridized carbons (Fsp3) is 0.500. The molecule has 0 saturated heterocycles. The molecule has 1 aliphatic rings. The molecule has 0 spiro atoms. The first-order valence-electron chi connectivity index (χ1n) is 12.3. The quantitative estimate of drug-likeness (QED) is 0.183. The lowest BCUT2D eigenvalue weighted by Gasteiger charge is -2.21. The SMILES string of the molecule is CCCCCCCCCOc1ccc(C(=O)Oc2ccc(C3CC[CH]CC3)cc2)c(F)c1F. The minimum atomic E-state index is -1.24. The third kappa shape index (κ3) is 7.55. The van der Waals surface area contributed by atoms with Gasteiger partial charge in [-0.2, -0.15) is 4.39 Å². The summed E-state index contributed by atoms with van der Waals surface area (Å²) in [5, 5.41) is 0. The third-order valence-electron chi connectivity index (χ3n) is 6.27. The van der Waals surface area contributed by atoms with Crippen LogP contribution in [0.25, 0.3) is 0 Å². The third-order valence-corrected chi connectivity index (χ3v) is 6.27. The normalized spacial score (nSPS) is 14.3. The van der Waals surface area contributed by atoms with E-state index in [1.807, 2.05) is 12.1 Å². The molecule has 0 atom stereocenters. The van der Waals surface area contributed by atoms with Crippen LogP contribution in [0.5, 0.6) is 11.5 Å². The number of hydrogen-bond donors (Lipinski definition) is 0. The van der Waals surface area contributed by atoms with E-state index in [-0.39, 0.29) is 5.75 Å². The molecule has 0 N–H and O–H groups in total. The summed E-state index contributed by atoms with van der Waals surface area (Å²) in [4.78, 5) is 12.4. The molecule has 33 heavy (non-hydrogen) atoms. The fourth-order valence-electron chi connectivity index (χ4n) is 4.27. The fourth-order valence-corrected chi connectivity index (χ4v) is 4.27. The summed E-state index contributed by atoms with van der Waals surface area (Å²) in [6.07, 6.45) is 14.6. The van der Waals surface area contributed by atoms with Crippen molar-refractivity contribution in [3.8, 4) is 11.5 Å². The zero-order chi connectivity index (χ0) is 23.5. The zero-order valence-electron chi connectivity index (χ0n) is 19.6. The van der Waals surface area contributed by atoms with Crippen molar-refractivity contribution in [1.82, 2.24) is 0 Å². The summed E-state index contributed by atoms with van der Waals surface area (Å²) in [5.41, 5.74) is 0.769. The lowest BCUT2D eigenvalue weighted by molar-refractivity contribution is 0.0728. The maximum absolute atomic E-state index is 14.5. The molecule has 0 bridgehead atoms. The van der Waals surface area contributed by atoms with Gasteiger partial charge in [0.1, 0.15) is 5.75 Å². The first kappa shape index (κ1) is 25.2. The van der Waals surface area contributed by atoms with E-state index in [4.69, 9.17) is 9.47 Å². The number of ether oxygens (including phenoxy) is 2. The molecule has 0 heterocycles. The molecule has 3 rings (SSSR count). The highest BCUT2D eigenvalue weighted by atomic mass is 19.2. The Morgan fingerprint density at radius 1 is 0.879 bits per heavy atom. The Kier molecular flexibility index (Phi) is 10.2. The second kappa shape index (κ2) is 13.3. The summed E-state index contributed by atoms with van der Waals surface area (Å²) in [6, 6.07) is 9.80. The molecule has 5 heteroatoms. The van der Waals surface area contributed by atoms with Gasteiger partial charge in [0, 0.05) is 0 Å². The van der Waals surface area contributed by atoms with E-state index in [2.05, 4.69) is 13.3 Å². The van der Waals surface area contributed by atoms with Gasteiger partial charge in [0.2, 0.25) is 5.82 Å². The Morgan fingerprint density at radius 2 is 1.55 bits per heavy atom. The van der Waals surface area contributed by atoms with Crippen LogP contribution in [0.1, 0.15) is 99.4 Å². The monoisotopic (exact) mass is 457 g/mol. The van der Waals surface area contributed by atoms with Crippen molar-refractivity contribution in [3.05, 3.63) is 65.6 Å². The number of carbonyl (C=O) groups excluding carboxylic acids is 1. The minimum Gasteiger partial charge on any atom is -0.490 e. The topological polar surface area (TPSA) is 35.5 Å². The van der Waals surface area contributed by atoms with Crippen LogP contribution in [0.3, 0.4) is 0 Å². The summed E-state index contributed by atoms with van der Waals surface area (Å²) < 4.78 is 39.6. The average molecular weight is 458 g/mol. The Balaban J connectivity index is 1.50. The number of carbonyl (C=O) groups is 1. The van der Waals surface area contributed by atoms with E-state index < -0.39 is 23.2 Å². The van der Waals surface area contributed by atoms with Gasteiger partial charge in [-0.15, -0.1) is 0 Å². The van der Waals surface area contributed by atoms with Crippen molar-refractivity contribution in [2.75, 3.05) is 6.61 Å². The van der Waals surface area contributed by atoms with Gasteiger partial charge in [0.05, 0.1) is 12.2 Å². The molecule has 1 saturated carbocycles. The molecule has 2 aromatic carbocycles. The number of benzene rings is 2. The van der Waals surface area contributed by atoms with Gasteiger partial charge >= 0.3 is 5.97 Å². The van der Waals surface area contributed by atoms with Gasteiger partial charge in [-0.05, 0) is 74.3 Å². The summed E-state index contributed by atoms with van der Waals surface area (Å²) in [7, 11) is 0. The van der Waals surface area contributed by atoms with E-state index in [9.17, 15) is 13.6 Å². The predicted molar refractivity (Wildman–Crippen MR) is 127 cm³/mol. The lowest BCUT2D eigenvalue weighted by atomic mass is 9.84. The summed E-state index contributed by atoms with van der Waals surface area (Å²) >= 11 is 0. The first-order valence-corrected chi connectivity index (χ1v) is 12.3. The van der Waals surface area contributed by atoms with E-state index >= 15 is 0 Å². The highest BCUT2D eigenvalue weighted by molar-refractivity contribution is 5.91. The molecule has 0 aromatic heterocycles. The van der Waals surface area contributed by atoms with Crippen LogP contribution in [0.15, 0.2) is 36.4 Å². The first-order chi connectivity index (χ1) is 16.1. The molecule has 2 aromatic rings. The van der Waals surface area contributed by atoms with Crippen molar-refractivity contribution in [2.24, 2.45) is 0 Å². The molecule has 179 valence electrons. The number of halogens is 2. The average Bonchev–Trinajstić information content (AvgIpc) is 2.84. The molecular formula is C28H35F2O3. The van der Waals surface area contributed by atoms with Crippen LogP contribution >= 0.6 is 0 Å². The van der Waals surface area contributed by atoms with Crippen LogP contribution in [-0.4, -0.2) is 12.6 Å². The Labute approximate surface area is 196 Å². The van der Waals surface area contributed by atoms with E-state index in [0.717, 1.165) is 44.9 Å². The van der Waals surface area contributed by atoms with Gasteiger partial charge in [0.25, 0.3) is 0 Å². The number of unbranched alkanes of at least 4 members (excludes halogenated alkanes) is 6. The number of hydrogen-bond acceptors (Lipinski definition) is 3. The second-order valence-electron chi connectivity index (χ2n) is 8.81. The lowest BCUT2D eigenvalue weighted by Crippen LogP contribution is -2.13. The summed E-state index contributed by atoms with van der Waals surface area (Å²) in [5.74, 6) is -2.68. The second-order valence-corrected chi connectivity index (χ2v) is 8.81. The highest BCUT2D eigenvalue weighted by Gasteiger charge is 2.21. The Hall–Kier alpha value is -2.43. The van der Waals surface area contributed by atoms with Gasteiger partial charge in [-0.3, -0.25) is 0 Å². The summed E-state index contributed by atoms with van der Waals surface area (Å²) in [6.45, 7) is 2.50. The molecule has 0 amide bonds. The standard InChI is InChI=1S/C28H35F2O3/c1-2-3-4-5-6-7-11-20-32-25-19-18-24(26(29)27(25)30)28(31)33-23-16-14-22(15-17-23)21-12-9-8-10-13-21/h8,14-19,21H,2-7,9-13,20H2,1H3. The van der Waals surface area contributed by atoms with Crippen molar-refractivity contribution < 1.29 is 23.0 Å². The largest absolute Gasteiger partial charge is 0.490 e. The molecule has 1 aliphatic carbocycles. The van der Waals surface area contributed by atoms with Gasteiger partial charge in [0.15, 0.2) is 11.6 Å². The van der Waals surface area contributed by atoms with E-state index in [1.165, 1.54) is 43.4 Å². The van der Waals surface area contributed by atoms with Crippen molar-refractivity contribution in [1.29, 1.82) is 0 Å². The minimum absolute atomic E-state index is 0.177. The smallest absolute Gasteiger partial charge is 0.346 e. The van der Waals surface area contributed by atoms with Crippen LogP contribution < -0.4 is 9.47 Å². The van der Waals surface area contributed by atoms with Crippen LogP contribution in [0.2, 0.25) is 0 Å². The molecule has 3 nitrogen and oxygen atoms in total. The van der Waals surface area contributed by atoms with Crippen LogP contribution in [0, 0.1) is 18.1 Å². The van der Waals surface area contributed by atoms with Crippen molar-refractivity contribution in [3.63, 3.8) is 0 Å². The number of rotatable bonds is 12. The van der Waals surface area contributed by atoms with E-state index in [1.54, 1.807) is 12.1 Å². The molecule has 0 unspecified atom stereocenters. The van der Waals surface area contributed by atoms with Crippen molar-refractivity contribution in [2.45, 2.75) is 83.5 Å². The van der Waals surface area contributed by atoms with Gasteiger partial charge in [-0.25, -0.2) is 9.18 Å². The highest BCUT2D eigenvalue weighted by Crippen LogP contribution is 2.33. The molecule has 1 radical (unpaired) electrons. The van der Waals surface area contributed by atoms with Gasteiger partial charge < -0.3 is 9.47 Å². The molecular weight excluding hydrogens is 422 g/mol. The van der Waals surface area contributed by atoms with Crippen LogP contribution in [0.4, 0.5) is 8.78 Å². The predicted octanol–water partition coefficient (Wildman–Crippen LogP) is 8.18. The maximum atomic E-state index is 14.5. The maximum Gasteiger partial charge on any atom is 0.346 e. The molecule has 0 aliphatic heterocycles.